The fourth-order valence-corrected chi connectivity index (χ4v) is 1.49. The Morgan fingerprint density at radius 2 is 2.06 bits per heavy atom. The third kappa shape index (κ3) is 2.70. The summed E-state index contributed by atoms with van der Waals surface area (Å²) in [5.74, 6) is 0.216. The van der Waals surface area contributed by atoms with Gasteiger partial charge in [-0.15, -0.1) is 0 Å². The molecule has 0 aliphatic rings. The Balaban J connectivity index is 2.21. The minimum absolute atomic E-state index is 0.312. The lowest BCUT2D eigenvalue weighted by atomic mass is 10.3. The van der Waals surface area contributed by atoms with Crippen LogP contribution in [0.25, 0.3) is 0 Å². The van der Waals surface area contributed by atoms with Crippen molar-refractivity contribution in [3.63, 3.8) is 0 Å². The number of aromatic nitrogens is 1. The molecule has 0 aliphatic carbocycles. The third-order valence-electron chi connectivity index (χ3n) is 2.21. The minimum Gasteiger partial charge on any atom is -0.437 e. The lowest BCUT2D eigenvalue weighted by molar-refractivity contribution is 0.1000. The Morgan fingerprint density at radius 3 is 2.61 bits per heavy atom. The average molecular weight is 264 g/mol. The number of hydrogen-bond acceptors (Lipinski definition) is 4. The number of rotatable bonds is 3. The van der Waals surface area contributed by atoms with Gasteiger partial charge in [-0.1, -0.05) is 11.6 Å². The van der Waals surface area contributed by atoms with Crippen LogP contribution in [-0.4, -0.2) is 10.9 Å². The zero-order valence-electron chi connectivity index (χ0n) is 9.26. The number of primary amides is 1. The summed E-state index contributed by atoms with van der Waals surface area (Å²) in [5.41, 5.74) is 11.6. The SMILES string of the molecule is NC(=O)c1ccc(Oc2ccc(Cl)cc2N)nc1. The summed E-state index contributed by atoms with van der Waals surface area (Å²) in [6, 6.07) is 7.94. The number of amides is 1. The van der Waals surface area contributed by atoms with E-state index in [9.17, 15) is 4.79 Å². The molecule has 0 spiro atoms. The zero-order valence-corrected chi connectivity index (χ0v) is 10.0. The van der Waals surface area contributed by atoms with E-state index in [-0.39, 0.29) is 0 Å². The fourth-order valence-electron chi connectivity index (χ4n) is 1.31. The Labute approximate surface area is 108 Å². The second kappa shape index (κ2) is 4.93. The molecule has 92 valence electrons. The number of benzene rings is 1. The van der Waals surface area contributed by atoms with Crippen LogP contribution >= 0.6 is 11.6 Å². The van der Waals surface area contributed by atoms with Gasteiger partial charge in [0, 0.05) is 17.3 Å². The lowest BCUT2D eigenvalue weighted by Crippen LogP contribution is -2.10. The van der Waals surface area contributed by atoms with E-state index >= 15 is 0 Å². The summed E-state index contributed by atoms with van der Waals surface area (Å²) >= 11 is 5.77. The number of anilines is 1. The van der Waals surface area contributed by atoms with Crippen molar-refractivity contribution in [2.45, 2.75) is 0 Å². The van der Waals surface area contributed by atoms with Crippen molar-refractivity contribution in [3.05, 3.63) is 47.1 Å². The van der Waals surface area contributed by atoms with Gasteiger partial charge in [0.1, 0.15) is 0 Å². The first-order chi connectivity index (χ1) is 8.56. The lowest BCUT2D eigenvalue weighted by Gasteiger charge is -2.07. The van der Waals surface area contributed by atoms with Crippen LogP contribution in [0.2, 0.25) is 5.02 Å². The molecule has 6 heteroatoms. The van der Waals surface area contributed by atoms with Crippen LogP contribution in [0.1, 0.15) is 10.4 Å². The molecule has 2 aromatic rings. The summed E-state index contributed by atoms with van der Waals surface area (Å²) in [7, 11) is 0. The highest BCUT2D eigenvalue weighted by Crippen LogP contribution is 2.28. The van der Waals surface area contributed by atoms with E-state index in [1.807, 2.05) is 0 Å². The van der Waals surface area contributed by atoms with Gasteiger partial charge < -0.3 is 16.2 Å². The average Bonchev–Trinajstić information content (AvgIpc) is 2.33. The summed E-state index contributed by atoms with van der Waals surface area (Å²) in [6.45, 7) is 0. The molecule has 0 unspecified atom stereocenters. The van der Waals surface area contributed by atoms with Gasteiger partial charge in [-0.05, 0) is 24.3 Å². The maximum Gasteiger partial charge on any atom is 0.250 e. The number of pyridine rings is 1. The predicted octanol–water partition coefficient (Wildman–Crippen LogP) is 2.21. The van der Waals surface area contributed by atoms with E-state index in [0.29, 0.717) is 27.9 Å². The molecule has 0 saturated heterocycles. The van der Waals surface area contributed by atoms with Gasteiger partial charge >= 0.3 is 0 Å². The topological polar surface area (TPSA) is 91.2 Å². The maximum absolute atomic E-state index is 10.9. The van der Waals surface area contributed by atoms with E-state index < -0.39 is 5.91 Å². The van der Waals surface area contributed by atoms with Crippen LogP contribution < -0.4 is 16.2 Å². The first-order valence-electron chi connectivity index (χ1n) is 5.05. The second-order valence-corrected chi connectivity index (χ2v) is 3.97. The molecule has 1 aromatic carbocycles. The third-order valence-corrected chi connectivity index (χ3v) is 2.44. The van der Waals surface area contributed by atoms with E-state index in [0.717, 1.165) is 0 Å². The van der Waals surface area contributed by atoms with Crippen LogP contribution in [0.3, 0.4) is 0 Å². The summed E-state index contributed by atoms with van der Waals surface area (Å²) in [6.07, 6.45) is 1.34. The molecule has 1 amide bonds. The quantitative estimate of drug-likeness (QED) is 0.831. The minimum atomic E-state index is -0.542. The molecule has 0 aliphatic heterocycles. The van der Waals surface area contributed by atoms with Crippen LogP contribution in [-0.2, 0) is 0 Å². The molecule has 4 N–H and O–H groups in total. The number of hydrogen-bond donors (Lipinski definition) is 2. The molecule has 0 atom stereocenters. The molecule has 2 rings (SSSR count). The van der Waals surface area contributed by atoms with Gasteiger partial charge in [0.05, 0.1) is 11.3 Å². The van der Waals surface area contributed by atoms with E-state index in [1.165, 1.54) is 18.3 Å². The number of carbonyl (C=O) groups excluding carboxylic acids is 1. The van der Waals surface area contributed by atoms with Crippen molar-refractivity contribution in [3.8, 4) is 11.6 Å². The van der Waals surface area contributed by atoms with Crippen molar-refractivity contribution in [2.75, 3.05) is 5.73 Å². The van der Waals surface area contributed by atoms with E-state index in [2.05, 4.69) is 4.98 Å². The van der Waals surface area contributed by atoms with Crippen molar-refractivity contribution < 1.29 is 9.53 Å². The number of carbonyl (C=O) groups is 1. The number of nitrogens with two attached hydrogens (primary N) is 2. The summed E-state index contributed by atoms with van der Waals surface area (Å²) < 4.78 is 5.45. The molecule has 0 fully saturated rings. The van der Waals surface area contributed by atoms with Crippen LogP contribution in [0, 0.1) is 0 Å². The first kappa shape index (κ1) is 12.2. The predicted molar refractivity (Wildman–Crippen MR) is 68.7 cm³/mol. The van der Waals surface area contributed by atoms with Gasteiger partial charge in [0.25, 0.3) is 0 Å². The smallest absolute Gasteiger partial charge is 0.250 e. The van der Waals surface area contributed by atoms with Crippen molar-refractivity contribution in [1.29, 1.82) is 0 Å². The van der Waals surface area contributed by atoms with Gasteiger partial charge in [0.2, 0.25) is 11.8 Å². The number of nitrogen functional groups attached to an aromatic ring is 1. The molecule has 0 saturated carbocycles. The Bertz CT molecular complexity index is 584. The Hall–Kier alpha value is -2.27. The van der Waals surface area contributed by atoms with Gasteiger partial charge in [-0.25, -0.2) is 4.98 Å². The number of nitrogens with zero attached hydrogens (tertiary/aromatic N) is 1. The molecule has 0 bridgehead atoms. The fraction of sp³-hybridized carbons (Fsp3) is 0. The van der Waals surface area contributed by atoms with Gasteiger partial charge in [-0.2, -0.15) is 0 Å². The second-order valence-electron chi connectivity index (χ2n) is 3.53. The highest BCUT2D eigenvalue weighted by Gasteiger charge is 2.05. The molecule has 18 heavy (non-hydrogen) atoms. The van der Waals surface area contributed by atoms with Crippen molar-refractivity contribution in [1.82, 2.24) is 4.98 Å². The molecule has 1 aromatic heterocycles. The standard InChI is InChI=1S/C12H10ClN3O2/c13-8-2-3-10(9(14)5-8)18-11-4-1-7(6-16-11)12(15)17/h1-6H,14H2,(H2,15,17). The zero-order chi connectivity index (χ0) is 13.1. The highest BCUT2D eigenvalue weighted by atomic mass is 35.5. The van der Waals surface area contributed by atoms with Gasteiger partial charge in [-0.3, -0.25) is 4.79 Å². The van der Waals surface area contributed by atoms with Crippen LogP contribution in [0.5, 0.6) is 11.6 Å². The van der Waals surface area contributed by atoms with Crippen LogP contribution in [0.4, 0.5) is 5.69 Å². The van der Waals surface area contributed by atoms with E-state index in [4.69, 9.17) is 27.8 Å². The molecule has 1 heterocycles. The molecule has 5 nitrogen and oxygen atoms in total. The molecular formula is C12H10ClN3O2. The largest absolute Gasteiger partial charge is 0.437 e. The normalized spacial score (nSPS) is 10.1. The summed E-state index contributed by atoms with van der Waals surface area (Å²) in [4.78, 5) is 14.8. The van der Waals surface area contributed by atoms with Gasteiger partial charge in [0.15, 0.2) is 5.75 Å². The van der Waals surface area contributed by atoms with E-state index in [1.54, 1.807) is 18.2 Å². The number of ether oxygens (including phenoxy) is 1. The van der Waals surface area contributed by atoms with Crippen molar-refractivity contribution >= 4 is 23.2 Å². The first-order valence-corrected chi connectivity index (χ1v) is 5.43. The molecular weight excluding hydrogens is 254 g/mol. The molecule has 0 radical (unpaired) electrons. The monoisotopic (exact) mass is 263 g/mol. The highest BCUT2D eigenvalue weighted by molar-refractivity contribution is 6.30. The van der Waals surface area contributed by atoms with Crippen molar-refractivity contribution in [2.24, 2.45) is 5.73 Å². The Kier molecular flexibility index (Phi) is 3.34. The summed E-state index contributed by atoms with van der Waals surface area (Å²) in [5, 5.41) is 0.525. The maximum atomic E-state index is 10.9. The Morgan fingerprint density at radius 1 is 1.28 bits per heavy atom. The van der Waals surface area contributed by atoms with Crippen LogP contribution in [0.15, 0.2) is 36.5 Å². The number of halogens is 1.